The number of nitrogens with one attached hydrogen (secondary N) is 2. The van der Waals surface area contributed by atoms with E-state index in [1.165, 1.54) is 19.9 Å². The predicted octanol–water partition coefficient (Wildman–Crippen LogP) is 5.44. The Labute approximate surface area is 281 Å². The van der Waals surface area contributed by atoms with Gasteiger partial charge in [0.05, 0.1) is 11.7 Å². The average Bonchev–Trinajstić information content (AvgIpc) is 3.54. The molecule has 1 saturated carbocycles. The standard InChI is InChI=1S/C35H30F7N5O3/c1-33(2,50)10-8-21-6-7-23(22-4-3-5-24-26(22)16-45-32(24)49)29(46-21)27(14-18-12-19(36)15-20(37)13-18)47-28(48)17-44-31-25(9-11-34(31,38)39)30(43)35(40,41)42/h3-7,12-13,15,27,50H,9,11,14,16-17,43H2,1-2H3,(H,45,49)(H,47,48). The molecular weight excluding hydrogens is 671 g/mol. The number of nitrogens with two attached hydrogens (primary N) is 1. The summed E-state index contributed by atoms with van der Waals surface area (Å²) in [7, 11) is 0. The van der Waals surface area contributed by atoms with Gasteiger partial charge in [-0.2, -0.15) is 22.0 Å². The number of hydrogen-bond donors (Lipinski definition) is 4. The molecule has 1 aliphatic carbocycles. The Hall–Kier alpha value is -5.23. The average molecular weight is 702 g/mol. The zero-order valence-corrected chi connectivity index (χ0v) is 26.6. The summed E-state index contributed by atoms with van der Waals surface area (Å²) in [5.74, 6) is -1.66. The number of carbonyl (C=O) groups is 2. The minimum Gasteiger partial charge on any atom is -0.394 e. The van der Waals surface area contributed by atoms with E-state index in [0.717, 1.165) is 12.1 Å². The van der Waals surface area contributed by atoms with E-state index in [-0.39, 0.29) is 35.8 Å². The van der Waals surface area contributed by atoms with Crippen molar-refractivity contribution in [2.45, 2.75) is 63.4 Å². The molecule has 5 rings (SSSR count). The Morgan fingerprint density at radius 2 is 1.78 bits per heavy atom. The van der Waals surface area contributed by atoms with Gasteiger partial charge in [0.1, 0.15) is 40.9 Å². The van der Waals surface area contributed by atoms with Crippen LogP contribution >= 0.6 is 0 Å². The van der Waals surface area contributed by atoms with Crippen LogP contribution in [-0.4, -0.2) is 51.9 Å². The summed E-state index contributed by atoms with van der Waals surface area (Å²) in [4.78, 5) is 34.0. The molecule has 15 heteroatoms. The maximum Gasteiger partial charge on any atom is 0.431 e. The topological polar surface area (TPSA) is 130 Å². The maximum absolute atomic E-state index is 14.7. The van der Waals surface area contributed by atoms with E-state index in [9.17, 15) is 45.4 Å². The Bertz CT molecular complexity index is 1970. The van der Waals surface area contributed by atoms with E-state index < -0.39 is 77.7 Å². The molecule has 2 amide bonds. The van der Waals surface area contributed by atoms with Crippen molar-refractivity contribution in [3.63, 3.8) is 0 Å². The highest BCUT2D eigenvalue weighted by atomic mass is 19.4. The summed E-state index contributed by atoms with van der Waals surface area (Å²) in [6, 6.07) is 9.44. The lowest BCUT2D eigenvalue weighted by atomic mass is 9.91. The number of halogens is 7. The third kappa shape index (κ3) is 8.14. The van der Waals surface area contributed by atoms with Gasteiger partial charge in [-0.05, 0) is 79.6 Å². The van der Waals surface area contributed by atoms with Gasteiger partial charge in [0.25, 0.3) is 11.8 Å². The Balaban J connectivity index is 1.62. The lowest BCUT2D eigenvalue weighted by Crippen LogP contribution is -2.34. The van der Waals surface area contributed by atoms with Gasteiger partial charge >= 0.3 is 6.18 Å². The molecule has 2 aliphatic rings. The molecule has 0 spiro atoms. The quantitative estimate of drug-likeness (QED) is 0.193. The number of rotatable bonds is 7. The highest BCUT2D eigenvalue weighted by Crippen LogP contribution is 2.40. The molecule has 2 aromatic carbocycles. The summed E-state index contributed by atoms with van der Waals surface area (Å²) in [6.07, 6.45) is -7.12. The van der Waals surface area contributed by atoms with E-state index >= 15 is 0 Å². The number of aliphatic imine (C=N–C) groups is 1. The second-order valence-electron chi connectivity index (χ2n) is 12.3. The number of fused-ring (bicyclic) bond motifs is 1. The van der Waals surface area contributed by atoms with Crippen molar-refractivity contribution in [2.24, 2.45) is 10.7 Å². The van der Waals surface area contributed by atoms with Crippen LogP contribution in [0.15, 0.2) is 64.8 Å². The molecule has 1 atom stereocenters. The lowest BCUT2D eigenvalue weighted by Gasteiger charge is -2.23. The van der Waals surface area contributed by atoms with Crippen LogP contribution in [-0.2, 0) is 17.8 Å². The van der Waals surface area contributed by atoms with Crippen LogP contribution in [0, 0.1) is 23.5 Å². The summed E-state index contributed by atoms with van der Waals surface area (Å²) >= 11 is 0. The number of aliphatic hydroxyl groups is 1. The lowest BCUT2D eigenvalue weighted by molar-refractivity contribution is -0.120. The van der Waals surface area contributed by atoms with E-state index in [1.807, 2.05) is 0 Å². The molecule has 1 unspecified atom stereocenters. The minimum absolute atomic E-state index is 0.0560. The van der Waals surface area contributed by atoms with Crippen molar-refractivity contribution < 1.29 is 45.4 Å². The molecule has 262 valence electrons. The molecule has 0 radical (unpaired) electrons. The second kappa shape index (κ2) is 13.6. The van der Waals surface area contributed by atoms with Crippen LogP contribution in [0.4, 0.5) is 30.7 Å². The molecule has 5 N–H and O–H groups in total. The van der Waals surface area contributed by atoms with Gasteiger partial charge in [-0.1, -0.05) is 18.1 Å². The summed E-state index contributed by atoms with van der Waals surface area (Å²) in [5, 5.41) is 15.5. The predicted molar refractivity (Wildman–Crippen MR) is 169 cm³/mol. The summed E-state index contributed by atoms with van der Waals surface area (Å²) in [6.45, 7) is 1.97. The third-order valence-corrected chi connectivity index (χ3v) is 7.92. The van der Waals surface area contributed by atoms with Crippen LogP contribution in [0.5, 0.6) is 0 Å². The van der Waals surface area contributed by atoms with Crippen LogP contribution in [0.3, 0.4) is 0 Å². The van der Waals surface area contributed by atoms with Gasteiger partial charge in [0, 0.05) is 35.7 Å². The van der Waals surface area contributed by atoms with E-state index in [0.29, 0.717) is 28.3 Å². The molecule has 50 heavy (non-hydrogen) atoms. The van der Waals surface area contributed by atoms with Crippen LogP contribution < -0.4 is 16.4 Å². The van der Waals surface area contributed by atoms with Gasteiger partial charge in [-0.25, -0.2) is 13.8 Å². The number of carbonyl (C=O) groups excluding carboxylic acids is 2. The maximum atomic E-state index is 14.7. The van der Waals surface area contributed by atoms with Crippen molar-refractivity contribution in [1.29, 1.82) is 0 Å². The van der Waals surface area contributed by atoms with Crippen molar-refractivity contribution in [3.05, 3.63) is 99.5 Å². The van der Waals surface area contributed by atoms with Gasteiger partial charge in [-0.3, -0.25) is 14.6 Å². The number of alkyl halides is 5. The minimum atomic E-state index is -5.11. The van der Waals surface area contributed by atoms with Gasteiger partial charge in [-0.15, -0.1) is 0 Å². The number of allylic oxidation sites excluding steroid dienone is 2. The fourth-order valence-corrected chi connectivity index (χ4v) is 5.72. The molecule has 0 bridgehead atoms. The molecule has 0 saturated heterocycles. The number of hydrogen-bond acceptors (Lipinski definition) is 6. The molecule has 1 aromatic heterocycles. The summed E-state index contributed by atoms with van der Waals surface area (Å²) in [5.41, 5.74) is 1.91. The Morgan fingerprint density at radius 1 is 1.10 bits per heavy atom. The number of nitrogens with zero attached hydrogens (tertiary/aromatic N) is 2. The smallest absolute Gasteiger partial charge is 0.394 e. The number of pyridine rings is 1. The van der Waals surface area contributed by atoms with Crippen LogP contribution in [0.25, 0.3) is 11.1 Å². The fraction of sp³-hybridized carbons (Fsp3) is 0.314. The van der Waals surface area contributed by atoms with Crippen molar-refractivity contribution >= 4 is 17.5 Å². The first-order chi connectivity index (χ1) is 23.3. The zero-order valence-electron chi connectivity index (χ0n) is 26.6. The van der Waals surface area contributed by atoms with Crippen LogP contribution in [0.1, 0.15) is 65.6 Å². The SMILES string of the molecule is CC(C)(O)C#Cc1ccc(-c2cccc3c2CNC3=O)c(C(Cc2cc(F)cc(F)c2)NC(=O)CN=C2C(=C(N)C(F)(F)F)CCC2(F)F)n1. The fourth-order valence-electron chi connectivity index (χ4n) is 5.72. The van der Waals surface area contributed by atoms with E-state index in [1.54, 1.807) is 24.3 Å². The highest BCUT2D eigenvalue weighted by Gasteiger charge is 2.48. The van der Waals surface area contributed by atoms with Crippen molar-refractivity contribution in [3.8, 4) is 23.0 Å². The highest BCUT2D eigenvalue weighted by molar-refractivity contribution is 6.08. The van der Waals surface area contributed by atoms with Gasteiger partial charge in [0.2, 0.25) is 5.91 Å². The van der Waals surface area contributed by atoms with Gasteiger partial charge in [0.15, 0.2) is 0 Å². The number of benzene rings is 2. The zero-order chi connectivity index (χ0) is 36.6. The number of aromatic nitrogens is 1. The largest absolute Gasteiger partial charge is 0.431 e. The normalized spacial score (nSPS) is 17.9. The Morgan fingerprint density at radius 3 is 2.44 bits per heavy atom. The molecule has 3 aromatic rings. The molecular formula is C35H30F7N5O3. The first-order valence-corrected chi connectivity index (χ1v) is 15.2. The monoisotopic (exact) mass is 701 g/mol. The Kier molecular flexibility index (Phi) is 9.80. The molecule has 2 heterocycles. The first-order valence-electron chi connectivity index (χ1n) is 15.2. The second-order valence-corrected chi connectivity index (χ2v) is 12.3. The van der Waals surface area contributed by atoms with Gasteiger partial charge < -0.3 is 21.5 Å². The first kappa shape index (κ1) is 36.1. The third-order valence-electron chi connectivity index (χ3n) is 7.92. The summed E-state index contributed by atoms with van der Waals surface area (Å²) < 4.78 is 97.9. The molecule has 8 nitrogen and oxygen atoms in total. The van der Waals surface area contributed by atoms with E-state index in [2.05, 4.69) is 32.5 Å². The van der Waals surface area contributed by atoms with Crippen molar-refractivity contribution in [2.75, 3.05) is 6.54 Å². The number of amides is 2. The molecule has 1 fully saturated rings. The molecule has 1 aliphatic heterocycles. The van der Waals surface area contributed by atoms with Crippen molar-refractivity contribution in [1.82, 2.24) is 15.6 Å². The van der Waals surface area contributed by atoms with Crippen LogP contribution in [0.2, 0.25) is 0 Å². The van der Waals surface area contributed by atoms with E-state index in [4.69, 9.17) is 5.73 Å².